The Morgan fingerprint density at radius 3 is 2.60 bits per heavy atom. The highest BCUT2D eigenvalue weighted by molar-refractivity contribution is 6.31. The first-order valence-electron chi connectivity index (χ1n) is 4.62. The Labute approximate surface area is 98.8 Å². The Kier molecular flexibility index (Phi) is 5.09. The molecule has 15 heavy (non-hydrogen) atoms. The van der Waals surface area contributed by atoms with Crippen molar-refractivity contribution in [3.63, 3.8) is 0 Å². The molecule has 1 rings (SSSR count). The first-order valence-corrected chi connectivity index (χ1v) is 5.53. The summed E-state index contributed by atoms with van der Waals surface area (Å²) in [6.07, 6.45) is 0.226. The lowest BCUT2D eigenvalue weighted by Gasteiger charge is -2.14. The van der Waals surface area contributed by atoms with Gasteiger partial charge in [0.25, 0.3) is 0 Å². The fraction of sp³-hybridized carbons (Fsp3) is 0.364. The van der Waals surface area contributed by atoms with Crippen molar-refractivity contribution in [2.24, 2.45) is 0 Å². The maximum atomic E-state index is 11.2. The average molecular weight is 247 g/mol. The number of halogens is 2. The molecule has 0 saturated heterocycles. The molecule has 0 fully saturated rings. The SMILES string of the molecule is O=C(CCl)CC(CO)c1ccccc1Cl. The second kappa shape index (κ2) is 6.11. The zero-order valence-electron chi connectivity index (χ0n) is 8.12. The number of alkyl halides is 1. The maximum absolute atomic E-state index is 11.2. The number of aliphatic hydroxyl groups is 1. The van der Waals surface area contributed by atoms with Crippen molar-refractivity contribution in [1.29, 1.82) is 0 Å². The van der Waals surface area contributed by atoms with Gasteiger partial charge in [-0.2, -0.15) is 0 Å². The zero-order chi connectivity index (χ0) is 11.3. The molecular formula is C11H12Cl2O2. The van der Waals surface area contributed by atoms with E-state index in [1.54, 1.807) is 6.07 Å². The van der Waals surface area contributed by atoms with Gasteiger partial charge < -0.3 is 5.11 Å². The van der Waals surface area contributed by atoms with Crippen LogP contribution in [-0.2, 0) is 4.79 Å². The fourth-order valence-electron chi connectivity index (χ4n) is 1.41. The second-order valence-corrected chi connectivity index (χ2v) is 3.95. The molecule has 0 aliphatic rings. The zero-order valence-corrected chi connectivity index (χ0v) is 9.63. The van der Waals surface area contributed by atoms with E-state index in [1.807, 2.05) is 18.2 Å². The topological polar surface area (TPSA) is 37.3 Å². The lowest BCUT2D eigenvalue weighted by molar-refractivity contribution is -0.117. The third kappa shape index (κ3) is 3.49. The van der Waals surface area contributed by atoms with Crippen molar-refractivity contribution in [3.05, 3.63) is 34.9 Å². The Balaban J connectivity index is 2.83. The van der Waals surface area contributed by atoms with Gasteiger partial charge in [-0.3, -0.25) is 4.79 Å². The number of carbonyl (C=O) groups excluding carboxylic acids is 1. The van der Waals surface area contributed by atoms with E-state index in [0.717, 1.165) is 5.56 Å². The minimum Gasteiger partial charge on any atom is -0.396 e. The number of hydrogen-bond donors (Lipinski definition) is 1. The van der Waals surface area contributed by atoms with Crippen LogP contribution < -0.4 is 0 Å². The van der Waals surface area contributed by atoms with E-state index in [4.69, 9.17) is 23.2 Å². The van der Waals surface area contributed by atoms with Gasteiger partial charge in [0.1, 0.15) is 5.78 Å². The third-order valence-electron chi connectivity index (χ3n) is 2.19. The van der Waals surface area contributed by atoms with Crippen LogP contribution in [0.3, 0.4) is 0 Å². The summed E-state index contributed by atoms with van der Waals surface area (Å²) in [5.74, 6) is -0.374. The van der Waals surface area contributed by atoms with E-state index in [-0.39, 0.29) is 30.6 Å². The first kappa shape index (κ1) is 12.5. The number of aliphatic hydroxyl groups excluding tert-OH is 1. The quantitative estimate of drug-likeness (QED) is 0.812. The molecule has 1 N–H and O–H groups in total. The molecule has 1 aromatic carbocycles. The van der Waals surface area contributed by atoms with Gasteiger partial charge in [-0.1, -0.05) is 29.8 Å². The van der Waals surface area contributed by atoms with Crippen LogP contribution in [-0.4, -0.2) is 23.4 Å². The standard InChI is InChI=1S/C11H12Cl2O2/c12-6-9(15)5-8(7-14)10-3-1-2-4-11(10)13/h1-4,8,14H,5-7H2. The molecule has 0 heterocycles. The van der Waals surface area contributed by atoms with E-state index in [9.17, 15) is 9.90 Å². The molecule has 0 bridgehead atoms. The molecular weight excluding hydrogens is 235 g/mol. The van der Waals surface area contributed by atoms with Gasteiger partial charge in [0.05, 0.1) is 12.5 Å². The highest BCUT2D eigenvalue weighted by Gasteiger charge is 2.16. The molecule has 1 aromatic rings. The molecule has 2 nitrogen and oxygen atoms in total. The lowest BCUT2D eigenvalue weighted by Crippen LogP contribution is -2.12. The van der Waals surface area contributed by atoms with Gasteiger partial charge in [-0.05, 0) is 11.6 Å². The predicted molar refractivity (Wildman–Crippen MR) is 61.6 cm³/mol. The highest BCUT2D eigenvalue weighted by atomic mass is 35.5. The lowest BCUT2D eigenvalue weighted by atomic mass is 9.95. The summed E-state index contributed by atoms with van der Waals surface area (Å²) in [5.41, 5.74) is 0.792. The van der Waals surface area contributed by atoms with Gasteiger partial charge in [0.15, 0.2) is 0 Å². The number of Topliss-reactive ketones (excluding diaryl/α,β-unsaturated/α-hetero) is 1. The molecule has 1 unspecified atom stereocenters. The van der Waals surface area contributed by atoms with Crippen molar-refractivity contribution in [2.75, 3.05) is 12.5 Å². The number of hydrogen-bond acceptors (Lipinski definition) is 2. The summed E-state index contributed by atoms with van der Waals surface area (Å²) >= 11 is 11.4. The molecule has 0 radical (unpaired) electrons. The minimum absolute atomic E-state index is 0.0268. The smallest absolute Gasteiger partial charge is 0.148 e. The Morgan fingerprint density at radius 1 is 1.40 bits per heavy atom. The average Bonchev–Trinajstić information content (AvgIpc) is 2.26. The number of benzene rings is 1. The first-order chi connectivity index (χ1) is 7.19. The van der Waals surface area contributed by atoms with E-state index in [2.05, 4.69) is 0 Å². The van der Waals surface area contributed by atoms with Crippen LogP contribution in [0.15, 0.2) is 24.3 Å². The number of rotatable bonds is 5. The van der Waals surface area contributed by atoms with Gasteiger partial charge >= 0.3 is 0 Å². The summed E-state index contributed by atoms with van der Waals surface area (Å²) in [7, 11) is 0. The highest BCUT2D eigenvalue weighted by Crippen LogP contribution is 2.26. The predicted octanol–water partition coefficient (Wildman–Crippen LogP) is 2.61. The van der Waals surface area contributed by atoms with Crippen LogP contribution in [0.2, 0.25) is 5.02 Å². The summed E-state index contributed by atoms with van der Waals surface area (Å²) in [5, 5.41) is 9.76. The monoisotopic (exact) mass is 246 g/mol. The van der Waals surface area contributed by atoms with Crippen molar-refractivity contribution >= 4 is 29.0 Å². The van der Waals surface area contributed by atoms with Gasteiger partial charge in [0.2, 0.25) is 0 Å². The van der Waals surface area contributed by atoms with Crippen LogP contribution >= 0.6 is 23.2 Å². The summed E-state index contributed by atoms with van der Waals surface area (Å²) in [4.78, 5) is 11.2. The molecule has 0 aromatic heterocycles. The van der Waals surface area contributed by atoms with Crippen LogP contribution in [0.4, 0.5) is 0 Å². The fourth-order valence-corrected chi connectivity index (χ4v) is 1.81. The minimum atomic E-state index is -0.259. The molecule has 0 aliphatic heterocycles. The van der Waals surface area contributed by atoms with E-state index >= 15 is 0 Å². The van der Waals surface area contributed by atoms with Crippen molar-refractivity contribution in [2.45, 2.75) is 12.3 Å². The molecule has 82 valence electrons. The van der Waals surface area contributed by atoms with Crippen LogP contribution in [0.5, 0.6) is 0 Å². The summed E-state index contributed by atoms with van der Waals surface area (Å²) in [6, 6.07) is 7.19. The largest absolute Gasteiger partial charge is 0.396 e. The van der Waals surface area contributed by atoms with Gasteiger partial charge in [0, 0.05) is 17.4 Å². The van der Waals surface area contributed by atoms with E-state index in [0.29, 0.717) is 5.02 Å². The Bertz CT molecular complexity index is 339. The Hall–Kier alpha value is -0.570. The summed E-state index contributed by atoms with van der Waals surface area (Å²) in [6.45, 7) is -0.105. The molecule has 4 heteroatoms. The Morgan fingerprint density at radius 2 is 2.07 bits per heavy atom. The van der Waals surface area contributed by atoms with Crippen molar-refractivity contribution in [3.8, 4) is 0 Å². The molecule has 0 spiro atoms. The second-order valence-electron chi connectivity index (χ2n) is 3.28. The number of carbonyl (C=O) groups is 1. The van der Waals surface area contributed by atoms with Crippen LogP contribution in [0.1, 0.15) is 17.9 Å². The van der Waals surface area contributed by atoms with E-state index in [1.165, 1.54) is 0 Å². The number of ketones is 1. The van der Waals surface area contributed by atoms with Crippen molar-refractivity contribution in [1.82, 2.24) is 0 Å². The molecule has 0 amide bonds. The molecule has 0 saturated carbocycles. The normalized spacial score (nSPS) is 12.5. The van der Waals surface area contributed by atoms with Gasteiger partial charge in [-0.15, -0.1) is 11.6 Å². The summed E-state index contributed by atoms with van der Waals surface area (Å²) < 4.78 is 0. The van der Waals surface area contributed by atoms with Gasteiger partial charge in [-0.25, -0.2) is 0 Å². The van der Waals surface area contributed by atoms with Crippen molar-refractivity contribution < 1.29 is 9.90 Å². The molecule has 0 aliphatic carbocycles. The molecule has 1 atom stereocenters. The third-order valence-corrected chi connectivity index (χ3v) is 2.83. The van der Waals surface area contributed by atoms with Crippen LogP contribution in [0.25, 0.3) is 0 Å². The maximum Gasteiger partial charge on any atom is 0.148 e. The van der Waals surface area contributed by atoms with Crippen LogP contribution in [0, 0.1) is 0 Å². The van der Waals surface area contributed by atoms with E-state index < -0.39 is 0 Å².